The van der Waals surface area contributed by atoms with Crippen LogP contribution in [0.1, 0.15) is 16.7 Å². The van der Waals surface area contributed by atoms with Gasteiger partial charge in [-0.1, -0.05) is 24.4 Å². The maximum atomic E-state index is 13.5. The molecule has 0 bridgehead atoms. The zero-order valence-corrected chi connectivity index (χ0v) is 13.5. The molecule has 0 saturated heterocycles. The Morgan fingerprint density at radius 2 is 1.95 bits per heavy atom. The standard InChI is InChI=1S/C15H14BrFN2S/c1-8-4-3-5-10(15(18)20)14(8)19-13-7-11(16)12(17)6-9(13)2/h3-7,19H,1-2H3,(H2,18,20). The van der Waals surface area contributed by atoms with Gasteiger partial charge in [0.05, 0.1) is 10.2 Å². The zero-order valence-electron chi connectivity index (χ0n) is 11.1. The summed E-state index contributed by atoms with van der Waals surface area (Å²) < 4.78 is 13.9. The predicted octanol–water partition coefficient (Wildman–Crippen LogP) is 4.58. The van der Waals surface area contributed by atoms with Crippen LogP contribution in [0.3, 0.4) is 0 Å². The maximum Gasteiger partial charge on any atom is 0.137 e. The van der Waals surface area contributed by atoms with Gasteiger partial charge in [-0.05, 0) is 59.1 Å². The van der Waals surface area contributed by atoms with Crippen molar-refractivity contribution in [2.24, 2.45) is 5.73 Å². The molecule has 0 radical (unpaired) electrons. The van der Waals surface area contributed by atoms with Gasteiger partial charge in [-0.2, -0.15) is 0 Å². The highest BCUT2D eigenvalue weighted by Gasteiger charge is 2.11. The number of halogens is 2. The Kier molecular flexibility index (Phi) is 4.40. The van der Waals surface area contributed by atoms with Gasteiger partial charge in [0.1, 0.15) is 10.8 Å². The molecule has 0 atom stereocenters. The second kappa shape index (κ2) is 5.89. The molecule has 2 aromatic carbocycles. The van der Waals surface area contributed by atoms with Gasteiger partial charge in [0.15, 0.2) is 0 Å². The monoisotopic (exact) mass is 352 g/mol. The summed E-state index contributed by atoms with van der Waals surface area (Å²) in [6.07, 6.45) is 0. The third kappa shape index (κ3) is 2.99. The number of rotatable bonds is 3. The zero-order chi connectivity index (χ0) is 14.9. The molecule has 0 aliphatic heterocycles. The van der Waals surface area contributed by atoms with Gasteiger partial charge in [-0.3, -0.25) is 0 Å². The molecule has 0 aliphatic carbocycles. The molecule has 0 spiro atoms. The van der Waals surface area contributed by atoms with Crippen LogP contribution in [0.15, 0.2) is 34.8 Å². The minimum Gasteiger partial charge on any atom is -0.389 e. The van der Waals surface area contributed by atoms with Gasteiger partial charge in [0.25, 0.3) is 0 Å². The van der Waals surface area contributed by atoms with Crippen molar-refractivity contribution in [1.29, 1.82) is 0 Å². The summed E-state index contributed by atoms with van der Waals surface area (Å²) >= 11 is 8.27. The van der Waals surface area contributed by atoms with Crippen LogP contribution in [0, 0.1) is 19.7 Å². The second-order valence-electron chi connectivity index (χ2n) is 4.57. The molecule has 2 rings (SSSR count). The van der Waals surface area contributed by atoms with Crippen molar-refractivity contribution < 1.29 is 4.39 Å². The van der Waals surface area contributed by atoms with Crippen LogP contribution in [-0.4, -0.2) is 4.99 Å². The molecule has 0 heterocycles. The summed E-state index contributed by atoms with van der Waals surface area (Å²) in [4.78, 5) is 0.329. The number of aryl methyl sites for hydroxylation is 2. The summed E-state index contributed by atoms with van der Waals surface area (Å²) in [5.41, 5.74) is 10.0. The summed E-state index contributed by atoms with van der Waals surface area (Å²) in [7, 11) is 0. The first-order valence-corrected chi connectivity index (χ1v) is 7.22. The van der Waals surface area contributed by atoms with Gasteiger partial charge in [-0.25, -0.2) is 4.39 Å². The van der Waals surface area contributed by atoms with Crippen LogP contribution in [0.2, 0.25) is 0 Å². The fraction of sp³-hybridized carbons (Fsp3) is 0.133. The van der Waals surface area contributed by atoms with E-state index >= 15 is 0 Å². The Hall–Kier alpha value is -1.46. The predicted molar refractivity (Wildman–Crippen MR) is 89.2 cm³/mol. The Morgan fingerprint density at radius 3 is 2.60 bits per heavy atom. The average Bonchev–Trinajstić information content (AvgIpc) is 2.37. The average molecular weight is 353 g/mol. The number of benzene rings is 2. The molecule has 3 N–H and O–H groups in total. The minimum absolute atomic E-state index is 0.285. The topological polar surface area (TPSA) is 38.0 Å². The van der Waals surface area contributed by atoms with Crippen LogP contribution in [0.4, 0.5) is 15.8 Å². The fourth-order valence-corrected chi connectivity index (χ4v) is 2.47. The summed E-state index contributed by atoms with van der Waals surface area (Å²) in [5, 5.41) is 3.29. The van der Waals surface area contributed by atoms with E-state index in [-0.39, 0.29) is 5.82 Å². The van der Waals surface area contributed by atoms with Gasteiger partial charge in [0.2, 0.25) is 0 Å². The molecular formula is C15H14BrFN2S. The van der Waals surface area contributed by atoms with Crippen LogP contribution in [0.25, 0.3) is 0 Å². The first-order chi connectivity index (χ1) is 9.40. The highest BCUT2D eigenvalue weighted by Crippen LogP contribution is 2.30. The van der Waals surface area contributed by atoms with Gasteiger partial charge in [0, 0.05) is 11.3 Å². The largest absolute Gasteiger partial charge is 0.389 e. The molecule has 2 aromatic rings. The van der Waals surface area contributed by atoms with Gasteiger partial charge >= 0.3 is 0 Å². The third-order valence-corrected chi connectivity index (χ3v) is 3.89. The van der Waals surface area contributed by atoms with E-state index in [9.17, 15) is 4.39 Å². The van der Waals surface area contributed by atoms with Crippen molar-refractivity contribution in [2.75, 3.05) is 5.32 Å². The number of hydrogen-bond acceptors (Lipinski definition) is 2. The minimum atomic E-state index is -0.285. The van der Waals surface area contributed by atoms with E-state index < -0.39 is 0 Å². The van der Waals surface area contributed by atoms with E-state index in [1.54, 1.807) is 6.07 Å². The smallest absolute Gasteiger partial charge is 0.137 e. The first kappa shape index (κ1) is 14.9. The molecule has 104 valence electrons. The number of thiocarbonyl (C=S) groups is 1. The number of hydrogen-bond donors (Lipinski definition) is 2. The Morgan fingerprint density at radius 1 is 1.25 bits per heavy atom. The van der Waals surface area contributed by atoms with E-state index in [0.717, 1.165) is 28.1 Å². The van der Waals surface area contributed by atoms with E-state index in [0.29, 0.717) is 9.46 Å². The number of anilines is 2. The Balaban J connectivity index is 2.50. The quantitative estimate of drug-likeness (QED) is 0.793. The SMILES string of the molecule is Cc1cc(F)c(Br)cc1Nc1c(C)cccc1C(N)=S. The fourth-order valence-electron chi connectivity index (χ4n) is 1.95. The lowest BCUT2D eigenvalue weighted by atomic mass is 10.1. The second-order valence-corrected chi connectivity index (χ2v) is 5.86. The van der Waals surface area contributed by atoms with Crippen LogP contribution in [0.5, 0.6) is 0 Å². The van der Waals surface area contributed by atoms with Crippen molar-refractivity contribution in [3.63, 3.8) is 0 Å². The Labute approximate surface area is 131 Å². The van der Waals surface area contributed by atoms with E-state index in [1.807, 2.05) is 32.0 Å². The summed E-state index contributed by atoms with van der Waals surface area (Å²) in [5.74, 6) is -0.285. The van der Waals surface area contributed by atoms with Gasteiger partial charge in [-0.15, -0.1) is 0 Å². The van der Waals surface area contributed by atoms with Crippen LogP contribution < -0.4 is 11.1 Å². The van der Waals surface area contributed by atoms with E-state index in [1.165, 1.54) is 6.07 Å². The lowest BCUT2D eigenvalue weighted by molar-refractivity contribution is 0.620. The van der Waals surface area contributed by atoms with Crippen molar-refractivity contribution in [2.45, 2.75) is 13.8 Å². The number of nitrogens with two attached hydrogens (primary N) is 1. The molecule has 0 fully saturated rings. The van der Waals surface area contributed by atoms with Crippen molar-refractivity contribution in [1.82, 2.24) is 0 Å². The molecule has 0 saturated carbocycles. The van der Waals surface area contributed by atoms with Gasteiger partial charge < -0.3 is 11.1 Å². The molecule has 0 unspecified atom stereocenters. The summed E-state index contributed by atoms with van der Waals surface area (Å²) in [6, 6.07) is 8.93. The van der Waals surface area contributed by atoms with Crippen LogP contribution >= 0.6 is 28.1 Å². The van der Waals surface area contributed by atoms with E-state index in [4.69, 9.17) is 18.0 Å². The van der Waals surface area contributed by atoms with Crippen molar-refractivity contribution >= 4 is 44.5 Å². The highest BCUT2D eigenvalue weighted by atomic mass is 79.9. The number of nitrogens with one attached hydrogen (secondary N) is 1. The van der Waals surface area contributed by atoms with Crippen molar-refractivity contribution in [3.8, 4) is 0 Å². The number of para-hydroxylation sites is 1. The van der Waals surface area contributed by atoms with Crippen LogP contribution in [-0.2, 0) is 0 Å². The lowest BCUT2D eigenvalue weighted by Gasteiger charge is -2.16. The molecule has 0 aliphatic rings. The molecule has 20 heavy (non-hydrogen) atoms. The maximum absolute atomic E-state index is 13.5. The molecular weight excluding hydrogens is 339 g/mol. The molecule has 5 heteroatoms. The van der Waals surface area contributed by atoms with E-state index in [2.05, 4.69) is 21.2 Å². The Bertz CT molecular complexity index is 686. The molecule has 0 aromatic heterocycles. The first-order valence-electron chi connectivity index (χ1n) is 6.02. The normalized spacial score (nSPS) is 10.4. The highest BCUT2D eigenvalue weighted by molar-refractivity contribution is 9.10. The summed E-state index contributed by atoms with van der Waals surface area (Å²) in [6.45, 7) is 3.81. The van der Waals surface area contributed by atoms with Crippen molar-refractivity contribution in [3.05, 3.63) is 57.3 Å². The third-order valence-electron chi connectivity index (χ3n) is 3.07. The lowest BCUT2D eigenvalue weighted by Crippen LogP contribution is -2.13. The molecule has 0 amide bonds. The molecule has 2 nitrogen and oxygen atoms in total.